The lowest BCUT2D eigenvalue weighted by molar-refractivity contribution is 0.0636. The lowest BCUT2D eigenvalue weighted by Gasteiger charge is -2.34. The second-order valence-corrected chi connectivity index (χ2v) is 7.60. The van der Waals surface area contributed by atoms with Crippen LogP contribution in [0.2, 0.25) is 0 Å². The van der Waals surface area contributed by atoms with Crippen LogP contribution in [0, 0.1) is 0 Å². The lowest BCUT2D eigenvalue weighted by Crippen LogP contribution is -2.41. The van der Waals surface area contributed by atoms with Crippen molar-refractivity contribution in [3.63, 3.8) is 0 Å². The van der Waals surface area contributed by atoms with Crippen LogP contribution < -0.4 is 5.32 Å². The van der Waals surface area contributed by atoms with Crippen molar-refractivity contribution in [1.82, 2.24) is 24.6 Å². The normalized spacial score (nSPS) is 20.0. The minimum Gasteiger partial charge on any atom is -0.367 e. The summed E-state index contributed by atoms with van der Waals surface area (Å²) in [5.41, 5.74) is 0.672. The topological polar surface area (TPSA) is 75.9 Å². The molecular weight excluding hydrogens is 328 g/mol. The molecule has 4 rings (SSSR count). The van der Waals surface area contributed by atoms with Gasteiger partial charge in [-0.1, -0.05) is 13.8 Å². The van der Waals surface area contributed by atoms with E-state index in [1.807, 2.05) is 17.9 Å². The van der Waals surface area contributed by atoms with Crippen molar-refractivity contribution in [3.05, 3.63) is 35.5 Å². The van der Waals surface area contributed by atoms with Gasteiger partial charge in [0.05, 0.1) is 6.04 Å². The molecule has 0 saturated heterocycles. The summed E-state index contributed by atoms with van der Waals surface area (Å²) in [4.78, 5) is 19.3. The van der Waals surface area contributed by atoms with Crippen molar-refractivity contribution >= 4 is 11.7 Å². The molecule has 1 fully saturated rings. The van der Waals surface area contributed by atoms with Crippen molar-refractivity contribution in [3.8, 4) is 0 Å². The second kappa shape index (κ2) is 6.70. The molecule has 138 valence electrons. The molecular formula is C19H26N6O. The number of amides is 1. The molecule has 1 unspecified atom stereocenters. The fraction of sp³-hybridized carbons (Fsp3) is 0.579. The van der Waals surface area contributed by atoms with Crippen molar-refractivity contribution in [2.24, 2.45) is 0 Å². The van der Waals surface area contributed by atoms with Gasteiger partial charge in [-0.3, -0.25) is 4.79 Å². The Hall–Kier alpha value is -2.44. The first-order valence-corrected chi connectivity index (χ1v) is 9.51. The van der Waals surface area contributed by atoms with Gasteiger partial charge in [0.25, 0.3) is 5.91 Å². The molecule has 1 amide bonds. The highest BCUT2D eigenvalue weighted by Gasteiger charge is 2.32. The maximum Gasteiger partial charge on any atom is 0.254 e. The Morgan fingerprint density at radius 1 is 1.27 bits per heavy atom. The maximum absolute atomic E-state index is 13.1. The number of aromatic nitrogens is 4. The summed E-state index contributed by atoms with van der Waals surface area (Å²) in [6.45, 7) is 7.67. The summed E-state index contributed by atoms with van der Waals surface area (Å²) in [6, 6.07) is 4.06. The SMILES string of the molecule is CC(C)c1nnc2n1CCN(C(=O)c1ccnc(NC3CCC3)c1)C2C. The number of fused-ring (bicyclic) bond motifs is 1. The van der Waals surface area contributed by atoms with Gasteiger partial charge in [-0.15, -0.1) is 10.2 Å². The molecule has 7 nitrogen and oxygen atoms in total. The number of rotatable bonds is 4. The molecule has 2 aromatic heterocycles. The first-order chi connectivity index (χ1) is 12.5. The maximum atomic E-state index is 13.1. The lowest BCUT2D eigenvalue weighted by atomic mass is 9.93. The van der Waals surface area contributed by atoms with Crippen LogP contribution >= 0.6 is 0 Å². The van der Waals surface area contributed by atoms with Crippen LogP contribution in [0.25, 0.3) is 0 Å². The summed E-state index contributed by atoms with van der Waals surface area (Å²) in [5.74, 6) is 3.00. The molecule has 1 saturated carbocycles. The van der Waals surface area contributed by atoms with Crippen LogP contribution in [0.5, 0.6) is 0 Å². The number of hydrogen-bond donors (Lipinski definition) is 1. The van der Waals surface area contributed by atoms with Crippen LogP contribution in [-0.4, -0.2) is 43.1 Å². The summed E-state index contributed by atoms with van der Waals surface area (Å²) < 4.78 is 2.16. The standard InChI is InChI=1S/C19H26N6O/c1-12(2)17-22-23-18-13(3)24(9-10-25(17)18)19(26)14-7-8-20-16(11-14)21-15-5-4-6-15/h7-8,11-13,15H,4-6,9-10H2,1-3H3,(H,20,21). The number of anilines is 1. The number of nitrogens with one attached hydrogen (secondary N) is 1. The quantitative estimate of drug-likeness (QED) is 0.913. The molecule has 0 aromatic carbocycles. The zero-order valence-electron chi connectivity index (χ0n) is 15.6. The molecule has 2 aromatic rings. The van der Waals surface area contributed by atoms with E-state index in [1.54, 1.807) is 12.3 Å². The summed E-state index contributed by atoms with van der Waals surface area (Å²) in [7, 11) is 0. The smallest absolute Gasteiger partial charge is 0.254 e. The largest absolute Gasteiger partial charge is 0.367 e. The Morgan fingerprint density at radius 3 is 2.77 bits per heavy atom. The van der Waals surface area contributed by atoms with E-state index in [0.717, 1.165) is 24.0 Å². The van der Waals surface area contributed by atoms with Crippen LogP contribution in [0.3, 0.4) is 0 Å². The van der Waals surface area contributed by atoms with Crippen molar-refractivity contribution in [2.75, 3.05) is 11.9 Å². The van der Waals surface area contributed by atoms with Gasteiger partial charge in [0, 0.05) is 36.8 Å². The van der Waals surface area contributed by atoms with Gasteiger partial charge in [-0.25, -0.2) is 4.98 Å². The van der Waals surface area contributed by atoms with Gasteiger partial charge in [-0.05, 0) is 38.3 Å². The van der Waals surface area contributed by atoms with Gasteiger partial charge in [0.15, 0.2) is 5.82 Å². The van der Waals surface area contributed by atoms with E-state index >= 15 is 0 Å². The molecule has 2 aliphatic rings. The van der Waals surface area contributed by atoms with Gasteiger partial charge in [0.2, 0.25) is 0 Å². The molecule has 0 radical (unpaired) electrons. The monoisotopic (exact) mass is 354 g/mol. The molecule has 26 heavy (non-hydrogen) atoms. The number of carbonyl (C=O) groups is 1. The summed E-state index contributed by atoms with van der Waals surface area (Å²) in [6.07, 6.45) is 5.33. The number of nitrogens with zero attached hydrogens (tertiary/aromatic N) is 5. The highest BCUT2D eigenvalue weighted by atomic mass is 16.2. The first kappa shape index (κ1) is 17.0. The van der Waals surface area contributed by atoms with E-state index in [4.69, 9.17) is 0 Å². The van der Waals surface area contributed by atoms with E-state index < -0.39 is 0 Å². The first-order valence-electron chi connectivity index (χ1n) is 9.51. The zero-order valence-corrected chi connectivity index (χ0v) is 15.6. The van der Waals surface area contributed by atoms with E-state index in [1.165, 1.54) is 19.3 Å². The molecule has 0 bridgehead atoms. The van der Waals surface area contributed by atoms with Crippen LogP contribution in [0.15, 0.2) is 18.3 Å². The van der Waals surface area contributed by atoms with E-state index in [0.29, 0.717) is 24.1 Å². The second-order valence-electron chi connectivity index (χ2n) is 7.60. The molecule has 1 aliphatic carbocycles. The highest BCUT2D eigenvalue weighted by molar-refractivity contribution is 5.95. The Morgan fingerprint density at radius 2 is 2.08 bits per heavy atom. The molecule has 1 N–H and O–H groups in total. The van der Waals surface area contributed by atoms with Crippen LogP contribution in [0.4, 0.5) is 5.82 Å². The van der Waals surface area contributed by atoms with Gasteiger partial charge >= 0.3 is 0 Å². The average molecular weight is 354 g/mol. The predicted octanol–water partition coefficient (Wildman–Crippen LogP) is 2.98. The third-order valence-electron chi connectivity index (χ3n) is 5.46. The third-order valence-corrected chi connectivity index (χ3v) is 5.46. The zero-order chi connectivity index (χ0) is 18.3. The van der Waals surface area contributed by atoms with Crippen molar-refractivity contribution < 1.29 is 4.79 Å². The Bertz CT molecular complexity index is 810. The molecule has 1 atom stereocenters. The molecule has 0 spiro atoms. The number of carbonyl (C=O) groups excluding carboxylic acids is 1. The van der Waals surface area contributed by atoms with E-state index in [2.05, 4.69) is 38.9 Å². The Labute approximate surface area is 153 Å². The summed E-state index contributed by atoms with van der Waals surface area (Å²) >= 11 is 0. The van der Waals surface area contributed by atoms with E-state index in [-0.39, 0.29) is 11.9 Å². The van der Waals surface area contributed by atoms with Crippen molar-refractivity contribution in [2.45, 2.75) is 64.6 Å². The molecule has 1 aliphatic heterocycles. The predicted molar refractivity (Wildman–Crippen MR) is 99.1 cm³/mol. The Balaban J connectivity index is 1.54. The minimum absolute atomic E-state index is 0.0249. The average Bonchev–Trinajstić information content (AvgIpc) is 3.03. The minimum atomic E-state index is -0.0903. The molecule has 7 heteroatoms. The Kier molecular flexibility index (Phi) is 4.38. The van der Waals surface area contributed by atoms with Crippen LogP contribution in [-0.2, 0) is 6.54 Å². The number of hydrogen-bond acceptors (Lipinski definition) is 5. The van der Waals surface area contributed by atoms with Crippen molar-refractivity contribution in [1.29, 1.82) is 0 Å². The highest BCUT2D eigenvalue weighted by Crippen LogP contribution is 2.28. The van der Waals surface area contributed by atoms with E-state index in [9.17, 15) is 4.79 Å². The molecule has 3 heterocycles. The fourth-order valence-electron chi connectivity index (χ4n) is 3.68. The summed E-state index contributed by atoms with van der Waals surface area (Å²) in [5, 5.41) is 12.1. The van der Waals surface area contributed by atoms with Crippen LogP contribution in [0.1, 0.15) is 74.0 Å². The van der Waals surface area contributed by atoms with Gasteiger partial charge in [-0.2, -0.15) is 0 Å². The van der Waals surface area contributed by atoms with Gasteiger partial charge in [0.1, 0.15) is 11.6 Å². The van der Waals surface area contributed by atoms with Gasteiger partial charge < -0.3 is 14.8 Å². The number of pyridine rings is 1. The third kappa shape index (κ3) is 2.95. The fourth-order valence-corrected chi connectivity index (χ4v) is 3.68.